The van der Waals surface area contributed by atoms with E-state index in [2.05, 4.69) is 5.32 Å². The summed E-state index contributed by atoms with van der Waals surface area (Å²) in [6.07, 6.45) is 0. The van der Waals surface area contributed by atoms with Gasteiger partial charge in [-0.2, -0.15) is 0 Å². The van der Waals surface area contributed by atoms with Crippen molar-refractivity contribution in [1.82, 2.24) is 0 Å². The van der Waals surface area contributed by atoms with Gasteiger partial charge in [0, 0.05) is 0 Å². The van der Waals surface area contributed by atoms with Crippen molar-refractivity contribution >= 4 is 42.9 Å². The summed E-state index contributed by atoms with van der Waals surface area (Å²) < 4.78 is 8.57. The Morgan fingerprint density at radius 3 is 1.81 bits per heavy atom. The van der Waals surface area contributed by atoms with Gasteiger partial charge in [-0.1, -0.05) is 0 Å². The molecule has 1 radical (unpaired) electrons. The first-order chi connectivity index (χ1) is 7.69. The van der Waals surface area contributed by atoms with Crippen molar-refractivity contribution in [3.05, 3.63) is 48.5 Å². The molecule has 0 unspecified atom stereocenters. The molecule has 81 valence electrons. The molecule has 0 amide bonds. The van der Waals surface area contributed by atoms with Crippen LogP contribution in [0.1, 0.15) is 0 Å². The molecule has 2 aromatic rings. The Hall–Kier alpha value is -0.952. The number of hydrogen-bond donors (Lipinski definition) is 2. The van der Waals surface area contributed by atoms with E-state index in [4.69, 9.17) is 14.6 Å². The molecule has 0 saturated carbocycles. The van der Waals surface area contributed by atoms with Gasteiger partial charge in [-0.05, 0) is 0 Å². The molecule has 2 nitrogen and oxygen atoms in total. The first-order valence-corrected chi connectivity index (χ1v) is 10.5. The summed E-state index contributed by atoms with van der Waals surface area (Å²) in [7, 11) is 6.64. The topological polar surface area (TPSA) is 38.0 Å². The van der Waals surface area contributed by atoms with Gasteiger partial charge in [0.05, 0.1) is 0 Å². The fourth-order valence-electron chi connectivity index (χ4n) is 2.00. The zero-order valence-corrected chi connectivity index (χ0v) is 11.2. The van der Waals surface area contributed by atoms with Crippen molar-refractivity contribution < 1.29 is 0 Å². The second kappa shape index (κ2) is 3.53. The second-order valence-corrected chi connectivity index (χ2v) is 11.3. The summed E-state index contributed by atoms with van der Waals surface area (Å²) in [5.74, 6) is 0. The molecule has 2 aromatic carbocycles. The van der Waals surface area contributed by atoms with Crippen LogP contribution in [0.15, 0.2) is 48.5 Å². The fourth-order valence-corrected chi connectivity index (χ4v) is 7.37. The molecule has 0 spiro atoms. The number of hydrogen-bond acceptors (Lipinski definition) is 2. The minimum atomic E-state index is -2.90. The van der Waals surface area contributed by atoms with E-state index >= 15 is 0 Å². The molecule has 3 rings (SSSR count). The molecular formula is C12H11AsClN2. The summed E-state index contributed by atoms with van der Waals surface area (Å²) in [6, 6.07) is 16.1. The van der Waals surface area contributed by atoms with E-state index in [-0.39, 0.29) is 0 Å². The summed E-state index contributed by atoms with van der Waals surface area (Å²) in [5.41, 5.74) is 2.09. The van der Waals surface area contributed by atoms with Crippen molar-refractivity contribution in [3.8, 4) is 0 Å². The molecule has 1 aliphatic heterocycles. The molecule has 0 saturated heterocycles. The monoisotopic (exact) mass is 293 g/mol. The predicted octanol–water partition coefficient (Wildman–Crippen LogP) is 1.50. The number of fused-ring (bicyclic) bond motifs is 2. The van der Waals surface area contributed by atoms with Gasteiger partial charge in [0.15, 0.2) is 0 Å². The SMILES string of the molecule is N[As]1(Cl)c2ccccc2Nc2ccccc21. The molecule has 3 N–H and O–H groups in total. The van der Waals surface area contributed by atoms with Gasteiger partial charge in [-0.15, -0.1) is 0 Å². The first kappa shape index (κ1) is 10.2. The zero-order chi connectivity index (χ0) is 11.2. The predicted molar refractivity (Wildman–Crippen MR) is 71.2 cm³/mol. The fraction of sp³-hybridized carbons (Fsp3) is 0. The molecule has 0 aromatic heterocycles. The average Bonchev–Trinajstić information content (AvgIpc) is 2.29. The molecule has 0 aliphatic carbocycles. The van der Waals surface area contributed by atoms with Gasteiger partial charge in [0.1, 0.15) is 0 Å². The van der Waals surface area contributed by atoms with Crippen LogP contribution < -0.4 is 18.7 Å². The van der Waals surface area contributed by atoms with Gasteiger partial charge in [0.2, 0.25) is 0 Å². The van der Waals surface area contributed by atoms with E-state index in [1.54, 1.807) is 0 Å². The Balaban J connectivity index is 2.28. The third kappa shape index (κ3) is 1.38. The first-order valence-electron chi connectivity index (χ1n) is 5.03. The van der Waals surface area contributed by atoms with Gasteiger partial charge >= 0.3 is 101 Å². The molecule has 4 heteroatoms. The molecule has 0 bridgehead atoms. The minimum absolute atomic E-state index is 1.05. The van der Waals surface area contributed by atoms with E-state index in [0.29, 0.717) is 0 Å². The van der Waals surface area contributed by atoms with E-state index in [9.17, 15) is 0 Å². The maximum atomic E-state index is 6.64. The van der Waals surface area contributed by atoms with Crippen LogP contribution in [0, 0.1) is 0 Å². The van der Waals surface area contributed by atoms with E-state index in [0.717, 1.165) is 20.1 Å². The van der Waals surface area contributed by atoms with Crippen LogP contribution in [0.25, 0.3) is 0 Å². The van der Waals surface area contributed by atoms with Gasteiger partial charge in [-0.25, -0.2) is 0 Å². The van der Waals surface area contributed by atoms with Crippen molar-refractivity contribution in [2.24, 2.45) is 4.65 Å². The van der Waals surface area contributed by atoms with E-state index in [1.807, 2.05) is 48.5 Å². The molecule has 16 heavy (non-hydrogen) atoms. The Labute approximate surface area is 101 Å². The normalized spacial score (nSPS) is 15.9. The average molecular weight is 294 g/mol. The summed E-state index contributed by atoms with van der Waals surface area (Å²) >= 11 is -2.90. The molecule has 1 aliphatic rings. The number of nitrogens with two attached hydrogens (primary N) is 1. The number of halogens is 1. The Morgan fingerprint density at radius 1 is 0.875 bits per heavy atom. The number of benzene rings is 2. The third-order valence-electron chi connectivity index (χ3n) is 2.78. The van der Waals surface area contributed by atoms with Gasteiger partial charge in [-0.3, -0.25) is 0 Å². The summed E-state index contributed by atoms with van der Waals surface area (Å²) in [5, 5.41) is 3.37. The van der Waals surface area contributed by atoms with Crippen LogP contribution in [0.5, 0.6) is 0 Å². The van der Waals surface area contributed by atoms with Crippen molar-refractivity contribution in [2.75, 3.05) is 5.32 Å². The van der Waals surface area contributed by atoms with Crippen LogP contribution in [0.3, 0.4) is 0 Å². The van der Waals surface area contributed by atoms with E-state index in [1.165, 1.54) is 0 Å². The van der Waals surface area contributed by atoms with Crippen LogP contribution in [0.4, 0.5) is 11.4 Å². The standard InChI is InChI=1S/C12H11AsClN2/c14-13(15)9-5-1-3-7-11(9)16-12-8-4-2-6-10(12)13/h1-8,16H,15H2. The van der Waals surface area contributed by atoms with Crippen LogP contribution in [-0.2, 0) is 0 Å². The van der Waals surface area contributed by atoms with Crippen LogP contribution >= 0.6 is 9.95 Å². The van der Waals surface area contributed by atoms with Crippen molar-refractivity contribution in [1.29, 1.82) is 0 Å². The van der Waals surface area contributed by atoms with Gasteiger partial charge < -0.3 is 0 Å². The number of para-hydroxylation sites is 2. The number of nitrogens with one attached hydrogen (secondary N) is 1. The Bertz CT molecular complexity index is 507. The number of rotatable bonds is 0. The number of anilines is 2. The van der Waals surface area contributed by atoms with Crippen molar-refractivity contribution in [3.63, 3.8) is 0 Å². The molecule has 0 atom stereocenters. The van der Waals surface area contributed by atoms with Crippen LogP contribution in [0.2, 0.25) is 0 Å². The molecule has 0 fully saturated rings. The van der Waals surface area contributed by atoms with Crippen LogP contribution in [-0.4, -0.2) is 12.8 Å². The second-order valence-electron chi connectivity index (χ2n) is 3.80. The molecule has 1 heterocycles. The maximum absolute atomic E-state index is 6.64. The zero-order valence-electron chi connectivity index (χ0n) is 8.52. The third-order valence-corrected chi connectivity index (χ3v) is 9.25. The summed E-state index contributed by atoms with van der Waals surface area (Å²) in [4.78, 5) is 0. The summed E-state index contributed by atoms with van der Waals surface area (Å²) in [6.45, 7) is 0. The Morgan fingerprint density at radius 2 is 1.31 bits per heavy atom. The Kier molecular flexibility index (Phi) is 2.25. The van der Waals surface area contributed by atoms with E-state index < -0.39 is 12.8 Å². The van der Waals surface area contributed by atoms with Gasteiger partial charge in [0.25, 0.3) is 0 Å². The van der Waals surface area contributed by atoms with Crippen molar-refractivity contribution in [2.45, 2.75) is 0 Å². The quantitative estimate of drug-likeness (QED) is 0.723. The molecular weight excluding hydrogens is 283 g/mol.